The molecule has 5 rings (SSSR count). The largest absolute Gasteiger partial charge is 0.299 e. The molecule has 1 aliphatic heterocycles. The van der Waals surface area contributed by atoms with Crippen LogP contribution in [-0.2, 0) is 11.2 Å². The third kappa shape index (κ3) is 8.60. The monoisotopic (exact) mass is 599 g/mol. The molecule has 0 spiro atoms. The van der Waals surface area contributed by atoms with Gasteiger partial charge in [-0.15, -0.1) is 0 Å². The number of nitrogens with zero attached hydrogens (tertiary/aromatic N) is 1. The molecule has 3 aromatic rings. The molecule has 236 valence electrons. The normalized spacial score (nSPS) is 21.3. The van der Waals surface area contributed by atoms with Gasteiger partial charge < -0.3 is 0 Å². The molecule has 3 aromatic carbocycles. The van der Waals surface area contributed by atoms with Crippen LogP contribution in [-0.4, -0.2) is 12.0 Å². The molecule has 1 heterocycles. The summed E-state index contributed by atoms with van der Waals surface area (Å²) < 4.78 is 0. The molecule has 0 saturated heterocycles. The zero-order valence-electron chi connectivity index (χ0n) is 28.1. The maximum Gasteiger partial charge on any atom is 0.142 e. The number of aryl methyl sites for hydroxylation is 1. The number of carbonyl (C=O) groups is 1. The van der Waals surface area contributed by atoms with Gasteiger partial charge >= 0.3 is 0 Å². The van der Waals surface area contributed by atoms with Crippen LogP contribution in [0.2, 0.25) is 0 Å². The van der Waals surface area contributed by atoms with E-state index in [0.29, 0.717) is 18.1 Å². The summed E-state index contributed by atoms with van der Waals surface area (Å²) in [5.41, 5.74) is 6.01. The summed E-state index contributed by atoms with van der Waals surface area (Å²) in [6.07, 6.45) is 13.3. The summed E-state index contributed by atoms with van der Waals surface area (Å²) in [5, 5.41) is 2.52. The molecule has 0 bridgehead atoms. The van der Waals surface area contributed by atoms with E-state index in [0.717, 1.165) is 42.9 Å². The van der Waals surface area contributed by atoms with Crippen molar-refractivity contribution in [2.45, 2.75) is 91.4 Å². The van der Waals surface area contributed by atoms with Crippen molar-refractivity contribution in [3.8, 4) is 0 Å². The first-order valence-corrected chi connectivity index (χ1v) is 17.3. The van der Waals surface area contributed by atoms with E-state index >= 15 is 0 Å². The van der Waals surface area contributed by atoms with Gasteiger partial charge in [-0.3, -0.25) is 9.79 Å². The minimum absolute atomic E-state index is 0.0157. The molecule has 1 fully saturated rings. The fraction of sp³-hybridized carbons (Fsp3) is 0.442. The van der Waals surface area contributed by atoms with Gasteiger partial charge in [0.15, 0.2) is 0 Å². The number of rotatable bonds is 13. The Morgan fingerprint density at radius 2 is 1.60 bits per heavy atom. The number of ketones is 1. The maximum absolute atomic E-state index is 13.9. The molecule has 2 nitrogen and oxygen atoms in total. The highest BCUT2D eigenvalue weighted by atomic mass is 16.1. The van der Waals surface area contributed by atoms with Crippen LogP contribution in [0.1, 0.15) is 96.1 Å². The number of hydrogen-bond acceptors (Lipinski definition) is 2. The van der Waals surface area contributed by atoms with Crippen molar-refractivity contribution in [2.24, 2.45) is 34.1 Å². The predicted molar refractivity (Wildman–Crippen MR) is 193 cm³/mol. The first kappa shape index (κ1) is 32.9. The van der Waals surface area contributed by atoms with Crippen LogP contribution in [0.4, 0.5) is 0 Å². The lowest BCUT2D eigenvalue weighted by Crippen LogP contribution is -2.22. The summed E-state index contributed by atoms with van der Waals surface area (Å²) in [5.74, 6) is 1.86. The number of allylic oxidation sites excluding steroid dienone is 4. The van der Waals surface area contributed by atoms with Crippen LogP contribution in [0.3, 0.4) is 0 Å². The lowest BCUT2D eigenvalue weighted by Gasteiger charge is -2.33. The van der Waals surface area contributed by atoms with E-state index < -0.39 is 0 Å². The van der Waals surface area contributed by atoms with Crippen molar-refractivity contribution >= 4 is 22.8 Å². The molecule has 1 saturated carbocycles. The second-order valence-corrected chi connectivity index (χ2v) is 14.9. The summed E-state index contributed by atoms with van der Waals surface area (Å²) in [6, 6.07) is 26.1. The summed E-state index contributed by atoms with van der Waals surface area (Å²) in [4.78, 5) is 18.8. The number of fused-ring (bicyclic) bond motifs is 1. The third-order valence-corrected chi connectivity index (χ3v) is 10.5. The van der Waals surface area contributed by atoms with Crippen LogP contribution in [0.15, 0.2) is 114 Å². The highest BCUT2D eigenvalue weighted by molar-refractivity contribution is 5.86. The molecule has 45 heavy (non-hydrogen) atoms. The molecule has 2 aliphatic rings. The number of carbonyl (C=O) groups excluding carboxylic acids is 1. The van der Waals surface area contributed by atoms with Crippen LogP contribution in [0, 0.1) is 29.1 Å². The zero-order chi connectivity index (χ0) is 32.0. The van der Waals surface area contributed by atoms with Crippen molar-refractivity contribution in [2.75, 3.05) is 0 Å². The van der Waals surface area contributed by atoms with E-state index in [1.165, 1.54) is 53.2 Å². The van der Waals surface area contributed by atoms with Gasteiger partial charge in [0.25, 0.3) is 0 Å². The first-order valence-electron chi connectivity index (χ1n) is 17.3. The van der Waals surface area contributed by atoms with Gasteiger partial charge in [0.2, 0.25) is 0 Å². The molecule has 0 amide bonds. The van der Waals surface area contributed by atoms with E-state index in [1.54, 1.807) is 0 Å². The van der Waals surface area contributed by atoms with E-state index in [9.17, 15) is 4.79 Å². The minimum Gasteiger partial charge on any atom is -0.299 e. The number of hydrogen-bond donors (Lipinski definition) is 0. The smallest absolute Gasteiger partial charge is 0.142 e. The van der Waals surface area contributed by atoms with Gasteiger partial charge in [-0.25, -0.2) is 0 Å². The second kappa shape index (κ2) is 14.7. The van der Waals surface area contributed by atoms with E-state index in [1.807, 2.05) is 0 Å². The highest BCUT2D eigenvalue weighted by Crippen LogP contribution is 2.44. The minimum atomic E-state index is -0.0361. The van der Waals surface area contributed by atoms with Gasteiger partial charge in [-0.05, 0) is 77.7 Å². The third-order valence-electron chi connectivity index (χ3n) is 10.5. The highest BCUT2D eigenvalue weighted by Gasteiger charge is 2.33. The van der Waals surface area contributed by atoms with Crippen LogP contribution >= 0.6 is 0 Å². The van der Waals surface area contributed by atoms with Gasteiger partial charge in [0, 0.05) is 36.1 Å². The number of aliphatic imine (C=N–C) groups is 1. The van der Waals surface area contributed by atoms with E-state index in [-0.39, 0.29) is 23.2 Å². The molecule has 3 atom stereocenters. The predicted octanol–water partition coefficient (Wildman–Crippen LogP) is 11.5. The Labute approximate surface area is 272 Å². The molecule has 0 N–H and O–H groups in total. The first-order chi connectivity index (χ1) is 21.6. The average molecular weight is 600 g/mol. The average Bonchev–Trinajstić information content (AvgIpc) is 3.48. The molecule has 0 aromatic heterocycles. The SMILES string of the molecule is C=C(C1CCC(C)CC1)C(c1ccc2ccccc2c1)C1C=NC(CC(=O)C(CCCc2ccccc2)CC(=C)C(C)(C)C)=C1. The van der Waals surface area contributed by atoms with Crippen molar-refractivity contribution in [1.29, 1.82) is 0 Å². The Hall–Kier alpha value is -3.52. The maximum atomic E-state index is 13.9. The lowest BCUT2D eigenvalue weighted by molar-refractivity contribution is -0.122. The van der Waals surface area contributed by atoms with Crippen LogP contribution < -0.4 is 0 Å². The number of Topliss-reactive ketones (excluding diaryl/α,β-unsaturated/α-hetero) is 1. The lowest BCUT2D eigenvalue weighted by atomic mass is 9.71. The van der Waals surface area contributed by atoms with E-state index in [4.69, 9.17) is 11.6 Å². The van der Waals surface area contributed by atoms with Gasteiger partial charge in [0.1, 0.15) is 5.78 Å². The molecular formula is C43H53NO. The second-order valence-electron chi connectivity index (χ2n) is 14.9. The number of benzene rings is 3. The van der Waals surface area contributed by atoms with Crippen LogP contribution in [0.25, 0.3) is 10.8 Å². The summed E-state index contributed by atoms with van der Waals surface area (Å²) >= 11 is 0. The molecule has 3 unspecified atom stereocenters. The molecule has 0 radical (unpaired) electrons. The van der Waals surface area contributed by atoms with Crippen molar-refractivity contribution < 1.29 is 4.79 Å². The quantitative estimate of drug-likeness (QED) is 0.180. The fourth-order valence-electron chi connectivity index (χ4n) is 7.25. The summed E-state index contributed by atoms with van der Waals surface area (Å²) in [7, 11) is 0. The molecular weight excluding hydrogens is 546 g/mol. The fourth-order valence-corrected chi connectivity index (χ4v) is 7.25. The standard InChI is InChI=1S/C43H53NO/c1-30-19-21-34(22-20-30)32(3)42(38-24-23-35-16-10-11-17-36(35)26-38)39-27-40(44-29-39)28-41(45)37(25-31(2)43(4,5)6)18-12-15-33-13-8-7-9-14-33/h7-11,13-14,16-17,23-24,26-27,29-30,34,37,39,42H,2-3,12,15,18-22,25,28H2,1,4-6H3. The zero-order valence-corrected chi connectivity index (χ0v) is 28.1. The van der Waals surface area contributed by atoms with Gasteiger partial charge in [-0.1, -0.05) is 144 Å². The van der Waals surface area contributed by atoms with E-state index in [2.05, 4.69) is 119 Å². The van der Waals surface area contributed by atoms with Crippen molar-refractivity contribution in [1.82, 2.24) is 0 Å². The van der Waals surface area contributed by atoms with Crippen molar-refractivity contribution in [3.05, 3.63) is 120 Å². The topological polar surface area (TPSA) is 29.4 Å². The van der Waals surface area contributed by atoms with Gasteiger partial charge in [-0.2, -0.15) is 0 Å². The Balaban J connectivity index is 1.34. The van der Waals surface area contributed by atoms with Crippen LogP contribution in [0.5, 0.6) is 0 Å². The van der Waals surface area contributed by atoms with Crippen molar-refractivity contribution in [3.63, 3.8) is 0 Å². The Morgan fingerprint density at radius 3 is 2.31 bits per heavy atom. The Bertz CT molecular complexity index is 1540. The summed E-state index contributed by atoms with van der Waals surface area (Å²) in [6.45, 7) is 18.1. The molecule has 2 heteroatoms. The Morgan fingerprint density at radius 1 is 0.911 bits per heavy atom. The molecule has 1 aliphatic carbocycles. The van der Waals surface area contributed by atoms with Gasteiger partial charge in [0.05, 0.1) is 0 Å². The Kier molecular flexibility index (Phi) is 10.7.